The highest BCUT2D eigenvalue weighted by atomic mass is 16.5. The van der Waals surface area contributed by atoms with Crippen LogP contribution in [0.1, 0.15) is 26.5 Å². The molecule has 0 saturated carbocycles. The van der Waals surface area contributed by atoms with E-state index in [1.54, 1.807) is 19.5 Å². The van der Waals surface area contributed by atoms with Crippen LogP contribution in [0, 0.1) is 6.92 Å². The molecule has 120 valence electrons. The minimum absolute atomic E-state index is 0.256. The van der Waals surface area contributed by atoms with Gasteiger partial charge in [-0.15, -0.1) is 0 Å². The molecule has 23 heavy (non-hydrogen) atoms. The van der Waals surface area contributed by atoms with Crippen molar-refractivity contribution in [3.8, 4) is 22.8 Å². The van der Waals surface area contributed by atoms with E-state index >= 15 is 0 Å². The molecule has 0 amide bonds. The van der Waals surface area contributed by atoms with Gasteiger partial charge in [-0.05, 0) is 39.8 Å². The predicted octanol–water partition coefficient (Wildman–Crippen LogP) is 3.89. The molecule has 0 aliphatic carbocycles. The largest absolute Gasteiger partial charge is 0.496 e. The first-order valence-electron chi connectivity index (χ1n) is 7.55. The van der Waals surface area contributed by atoms with E-state index in [0.717, 1.165) is 34.1 Å². The van der Waals surface area contributed by atoms with E-state index in [1.165, 1.54) is 0 Å². The third-order valence-electron chi connectivity index (χ3n) is 3.48. The van der Waals surface area contributed by atoms with Gasteiger partial charge in [-0.2, -0.15) is 0 Å². The molecule has 2 aromatic heterocycles. The Morgan fingerprint density at radius 1 is 1.13 bits per heavy atom. The summed E-state index contributed by atoms with van der Waals surface area (Å²) in [6.07, 6.45) is 5.46. The molecular weight excluding hydrogens is 290 g/mol. The first-order valence-corrected chi connectivity index (χ1v) is 7.55. The van der Waals surface area contributed by atoms with E-state index < -0.39 is 0 Å². The normalized spacial score (nSPS) is 11.7. The molecule has 0 bridgehead atoms. The van der Waals surface area contributed by atoms with Crippen LogP contribution < -0.4 is 9.47 Å². The van der Waals surface area contributed by atoms with E-state index in [0.29, 0.717) is 0 Å². The monoisotopic (exact) mass is 311 g/mol. The lowest BCUT2D eigenvalue weighted by Gasteiger charge is -2.22. The first-order chi connectivity index (χ1) is 10.9. The topological polar surface area (TPSA) is 48.7 Å². The first kappa shape index (κ1) is 15.3. The van der Waals surface area contributed by atoms with Crippen LogP contribution in [0.4, 0.5) is 0 Å². The molecule has 0 spiro atoms. The molecule has 0 radical (unpaired) electrons. The Labute approximate surface area is 135 Å². The number of aromatic nitrogens is 3. The Kier molecular flexibility index (Phi) is 3.72. The molecule has 0 saturated heterocycles. The van der Waals surface area contributed by atoms with Gasteiger partial charge in [-0.3, -0.25) is 9.38 Å². The number of imidazole rings is 1. The maximum atomic E-state index is 5.92. The average Bonchev–Trinajstić information content (AvgIpc) is 2.94. The summed E-state index contributed by atoms with van der Waals surface area (Å²) in [6.45, 7) is 8.04. The van der Waals surface area contributed by atoms with Crippen LogP contribution in [-0.2, 0) is 0 Å². The van der Waals surface area contributed by atoms with Gasteiger partial charge >= 0.3 is 0 Å². The Morgan fingerprint density at radius 2 is 1.91 bits per heavy atom. The van der Waals surface area contributed by atoms with Gasteiger partial charge in [-0.1, -0.05) is 0 Å². The number of hydrogen-bond donors (Lipinski definition) is 0. The van der Waals surface area contributed by atoms with Gasteiger partial charge in [0.2, 0.25) is 0 Å². The smallest absolute Gasteiger partial charge is 0.155 e. The second-order valence-corrected chi connectivity index (χ2v) is 6.42. The summed E-state index contributed by atoms with van der Waals surface area (Å²) in [5, 5.41) is 0. The van der Waals surface area contributed by atoms with Crippen molar-refractivity contribution in [1.29, 1.82) is 0 Å². The van der Waals surface area contributed by atoms with Gasteiger partial charge < -0.3 is 9.47 Å². The fourth-order valence-corrected chi connectivity index (χ4v) is 2.60. The predicted molar refractivity (Wildman–Crippen MR) is 90.1 cm³/mol. The van der Waals surface area contributed by atoms with Crippen LogP contribution in [-0.4, -0.2) is 27.1 Å². The number of aryl methyl sites for hydroxylation is 1. The van der Waals surface area contributed by atoms with Crippen molar-refractivity contribution in [3.05, 3.63) is 42.5 Å². The van der Waals surface area contributed by atoms with Gasteiger partial charge in [0.15, 0.2) is 5.65 Å². The maximum Gasteiger partial charge on any atom is 0.155 e. The molecular formula is C18H21N3O2. The van der Waals surface area contributed by atoms with Crippen LogP contribution in [0.5, 0.6) is 11.5 Å². The lowest BCUT2D eigenvalue weighted by atomic mass is 10.1. The molecule has 5 nitrogen and oxygen atoms in total. The van der Waals surface area contributed by atoms with Crippen molar-refractivity contribution in [2.24, 2.45) is 0 Å². The van der Waals surface area contributed by atoms with E-state index in [4.69, 9.17) is 9.47 Å². The second-order valence-electron chi connectivity index (χ2n) is 6.42. The lowest BCUT2D eigenvalue weighted by Crippen LogP contribution is -2.22. The number of ether oxygens (including phenoxy) is 2. The quantitative estimate of drug-likeness (QED) is 0.736. The molecule has 5 heteroatoms. The SMILES string of the molecule is COc1cc(OC(C)(C)C)ccc1-c1c(C)ncc2nccn12. The van der Waals surface area contributed by atoms with E-state index in [1.807, 2.05) is 56.5 Å². The molecule has 0 fully saturated rings. The molecule has 0 N–H and O–H groups in total. The van der Waals surface area contributed by atoms with Gasteiger partial charge in [0.25, 0.3) is 0 Å². The minimum atomic E-state index is -0.256. The Bertz CT molecular complexity index is 847. The fourth-order valence-electron chi connectivity index (χ4n) is 2.60. The summed E-state index contributed by atoms with van der Waals surface area (Å²) >= 11 is 0. The summed E-state index contributed by atoms with van der Waals surface area (Å²) < 4.78 is 13.5. The third kappa shape index (κ3) is 2.99. The standard InChI is InChI=1S/C18H21N3O2/c1-12-17(21-9-8-19-16(21)11-20-12)14-7-6-13(10-15(14)22-5)23-18(2,3)4/h6-11H,1-5H3. The second kappa shape index (κ2) is 5.57. The van der Waals surface area contributed by atoms with E-state index in [9.17, 15) is 0 Å². The molecule has 0 aliphatic rings. The molecule has 0 unspecified atom stereocenters. The molecule has 3 rings (SSSR count). The van der Waals surface area contributed by atoms with Crippen molar-refractivity contribution in [3.63, 3.8) is 0 Å². The van der Waals surface area contributed by atoms with Crippen molar-refractivity contribution < 1.29 is 9.47 Å². The zero-order valence-corrected chi connectivity index (χ0v) is 14.1. The van der Waals surface area contributed by atoms with Gasteiger partial charge in [0.05, 0.1) is 24.7 Å². The molecule has 2 heterocycles. The number of hydrogen-bond acceptors (Lipinski definition) is 4. The highest BCUT2D eigenvalue weighted by Gasteiger charge is 2.17. The zero-order chi connectivity index (χ0) is 16.6. The zero-order valence-electron chi connectivity index (χ0n) is 14.1. The van der Waals surface area contributed by atoms with Gasteiger partial charge in [0, 0.05) is 24.0 Å². The van der Waals surface area contributed by atoms with Crippen molar-refractivity contribution in [1.82, 2.24) is 14.4 Å². The number of fused-ring (bicyclic) bond motifs is 1. The molecule has 1 aromatic carbocycles. The third-order valence-corrected chi connectivity index (χ3v) is 3.48. The number of methoxy groups -OCH3 is 1. The highest BCUT2D eigenvalue weighted by Crippen LogP contribution is 2.35. The highest BCUT2D eigenvalue weighted by molar-refractivity contribution is 5.72. The summed E-state index contributed by atoms with van der Waals surface area (Å²) in [7, 11) is 1.66. The van der Waals surface area contributed by atoms with Crippen molar-refractivity contribution in [2.75, 3.05) is 7.11 Å². The van der Waals surface area contributed by atoms with Crippen LogP contribution in [0.25, 0.3) is 16.9 Å². The minimum Gasteiger partial charge on any atom is -0.496 e. The summed E-state index contributed by atoms with van der Waals surface area (Å²) in [5.41, 5.74) is 3.40. The lowest BCUT2D eigenvalue weighted by molar-refractivity contribution is 0.130. The molecule has 0 atom stereocenters. The number of benzene rings is 1. The summed E-state index contributed by atoms with van der Waals surface area (Å²) in [6, 6.07) is 5.87. The molecule has 3 aromatic rings. The van der Waals surface area contributed by atoms with Crippen molar-refractivity contribution >= 4 is 5.65 Å². The maximum absolute atomic E-state index is 5.92. The summed E-state index contributed by atoms with van der Waals surface area (Å²) in [4.78, 5) is 8.75. The Hall–Kier alpha value is -2.56. The number of nitrogens with zero attached hydrogens (tertiary/aromatic N) is 3. The van der Waals surface area contributed by atoms with E-state index in [2.05, 4.69) is 9.97 Å². The Balaban J connectivity index is 2.15. The van der Waals surface area contributed by atoms with Crippen LogP contribution in [0.2, 0.25) is 0 Å². The fraction of sp³-hybridized carbons (Fsp3) is 0.333. The van der Waals surface area contributed by atoms with E-state index in [-0.39, 0.29) is 5.60 Å². The summed E-state index contributed by atoms with van der Waals surface area (Å²) in [5.74, 6) is 1.53. The molecule has 0 aliphatic heterocycles. The Morgan fingerprint density at radius 3 is 2.61 bits per heavy atom. The van der Waals surface area contributed by atoms with Crippen LogP contribution in [0.3, 0.4) is 0 Å². The van der Waals surface area contributed by atoms with Crippen LogP contribution in [0.15, 0.2) is 36.8 Å². The number of rotatable bonds is 3. The van der Waals surface area contributed by atoms with Crippen molar-refractivity contribution in [2.45, 2.75) is 33.3 Å². The van der Waals surface area contributed by atoms with Crippen LogP contribution >= 0.6 is 0 Å². The van der Waals surface area contributed by atoms with Gasteiger partial charge in [-0.25, -0.2) is 4.98 Å². The average molecular weight is 311 g/mol. The van der Waals surface area contributed by atoms with Gasteiger partial charge in [0.1, 0.15) is 17.1 Å².